The molecule has 4 bridgehead atoms. The fraction of sp³-hybridized carbons (Fsp3) is 0.361. The first-order valence-electron chi connectivity index (χ1n) is 15.7. The number of halogens is 3. The number of urea groups is 1. The van der Waals surface area contributed by atoms with Gasteiger partial charge in [0.2, 0.25) is 0 Å². The molecule has 5 fully saturated rings. The summed E-state index contributed by atoms with van der Waals surface area (Å²) in [4.78, 5) is 40.7. The number of hydrogen-bond acceptors (Lipinski definition) is 5. The molecule has 1 heterocycles. The highest BCUT2D eigenvalue weighted by Crippen LogP contribution is 2.60. The fourth-order valence-electron chi connectivity index (χ4n) is 8.35. The quantitative estimate of drug-likeness (QED) is 0.141. The van der Waals surface area contributed by atoms with Crippen LogP contribution in [0.2, 0.25) is 10.0 Å². The van der Waals surface area contributed by atoms with Gasteiger partial charge < -0.3 is 9.47 Å². The van der Waals surface area contributed by atoms with Crippen molar-refractivity contribution in [2.75, 3.05) is 11.5 Å². The van der Waals surface area contributed by atoms with Crippen molar-refractivity contribution in [1.82, 2.24) is 5.32 Å². The van der Waals surface area contributed by atoms with E-state index in [-0.39, 0.29) is 17.6 Å². The molecular formula is C36H33Cl2IN2O5. The zero-order chi connectivity index (χ0) is 32.2. The van der Waals surface area contributed by atoms with Crippen LogP contribution in [0.4, 0.5) is 10.5 Å². The topological polar surface area (TPSA) is 84.9 Å². The summed E-state index contributed by atoms with van der Waals surface area (Å²) in [6.45, 7) is 2.46. The highest BCUT2D eigenvalue weighted by molar-refractivity contribution is 14.1. The van der Waals surface area contributed by atoms with Crippen molar-refractivity contribution in [3.8, 4) is 11.5 Å². The minimum atomic E-state index is -0.759. The lowest BCUT2D eigenvalue weighted by Gasteiger charge is -2.57. The van der Waals surface area contributed by atoms with Gasteiger partial charge in [0, 0.05) is 0 Å². The molecule has 1 saturated heterocycles. The van der Waals surface area contributed by atoms with Crippen LogP contribution < -0.4 is 19.7 Å². The van der Waals surface area contributed by atoms with Gasteiger partial charge >= 0.3 is 6.03 Å². The van der Waals surface area contributed by atoms with Crippen molar-refractivity contribution >= 4 is 75.4 Å². The lowest BCUT2D eigenvalue weighted by Crippen LogP contribution is -2.54. The van der Waals surface area contributed by atoms with Crippen LogP contribution in [0, 0.1) is 21.3 Å². The minimum absolute atomic E-state index is 0.146. The molecule has 7 nitrogen and oxygen atoms in total. The van der Waals surface area contributed by atoms with E-state index in [1.807, 2.05) is 25.1 Å². The van der Waals surface area contributed by atoms with Gasteiger partial charge in [0.15, 0.2) is 11.5 Å². The van der Waals surface area contributed by atoms with E-state index >= 15 is 0 Å². The molecule has 10 heteroatoms. The van der Waals surface area contributed by atoms with Crippen LogP contribution in [0.1, 0.15) is 62.1 Å². The first-order chi connectivity index (χ1) is 22.1. The highest BCUT2D eigenvalue weighted by atomic mass is 127. The second-order valence-electron chi connectivity index (χ2n) is 13.0. The normalized spacial score (nSPS) is 26.1. The van der Waals surface area contributed by atoms with Gasteiger partial charge in [-0.3, -0.25) is 14.9 Å². The summed E-state index contributed by atoms with van der Waals surface area (Å²) in [5.74, 6) is 1.99. The maximum atomic E-state index is 13.7. The number of imide groups is 2. The molecule has 0 aromatic heterocycles. The zero-order valence-corrected chi connectivity index (χ0v) is 29.0. The number of benzene rings is 3. The Balaban J connectivity index is 1.13. The second-order valence-corrected chi connectivity index (χ2v) is 15.0. The Labute approximate surface area is 291 Å². The third-order valence-electron chi connectivity index (χ3n) is 9.89. The van der Waals surface area contributed by atoms with Crippen molar-refractivity contribution in [3.05, 3.63) is 90.5 Å². The van der Waals surface area contributed by atoms with Crippen LogP contribution in [0.15, 0.2) is 60.2 Å². The van der Waals surface area contributed by atoms with Gasteiger partial charge in [-0.15, -0.1) is 0 Å². The molecule has 0 atom stereocenters. The molecule has 5 aliphatic rings. The monoisotopic (exact) mass is 770 g/mol. The lowest BCUT2D eigenvalue weighted by atomic mass is 9.48. The molecule has 1 N–H and O–H groups in total. The van der Waals surface area contributed by atoms with E-state index in [1.165, 1.54) is 50.2 Å². The lowest BCUT2D eigenvalue weighted by molar-refractivity contribution is -0.122. The minimum Gasteiger partial charge on any atom is -0.490 e. The molecule has 4 saturated carbocycles. The Bertz CT molecular complexity index is 1740. The molecule has 4 aliphatic carbocycles. The first-order valence-corrected chi connectivity index (χ1v) is 17.5. The Morgan fingerprint density at radius 3 is 2.22 bits per heavy atom. The smallest absolute Gasteiger partial charge is 0.335 e. The van der Waals surface area contributed by atoms with Gasteiger partial charge in [0.05, 0.1) is 25.9 Å². The number of anilines is 1. The Kier molecular flexibility index (Phi) is 8.57. The van der Waals surface area contributed by atoms with Gasteiger partial charge in [0.1, 0.15) is 12.2 Å². The molecular weight excluding hydrogens is 738 g/mol. The van der Waals surface area contributed by atoms with Gasteiger partial charge in [-0.1, -0.05) is 41.4 Å². The third-order valence-corrected chi connectivity index (χ3v) is 11.4. The van der Waals surface area contributed by atoms with E-state index in [1.54, 1.807) is 24.3 Å². The van der Waals surface area contributed by atoms with Gasteiger partial charge in [-0.25, -0.2) is 9.69 Å². The number of nitrogens with one attached hydrogen (secondary N) is 1. The van der Waals surface area contributed by atoms with Gasteiger partial charge in [0.25, 0.3) is 11.8 Å². The SMILES string of the molecule is CCOc1cc(/C=C2\C(=O)NC(=O)N(c3ccc(C45CC6CC(CC(C6)C4)C5)cc3)C2=O)cc(I)c1OCc1ccc(Cl)c(Cl)c1. The molecule has 8 rings (SSSR count). The number of ether oxygens (including phenoxy) is 2. The van der Waals surface area contributed by atoms with E-state index in [0.717, 1.165) is 28.2 Å². The second kappa shape index (κ2) is 12.5. The summed E-state index contributed by atoms with van der Waals surface area (Å²) in [5.41, 5.74) is 3.18. The molecule has 3 aromatic carbocycles. The molecule has 238 valence electrons. The molecule has 3 aromatic rings. The van der Waals surface area contributed by atoms with Crippen molar-refractivity contribution < 1.29 is 23.9 Å². The van der Waals surface area contributed by atoms with E-state index < -0.39 is 17.8 Å². The number of nitrogens with zero attached hydrogens (tertiary/aromatic N) is 1. The van der Waals surface area contributed by atoms with Crippen molar-refractivity contribution in [2.45, 2.75) is 57.5 Å². The van der Waals surface area contributed by atoms with E-state index in [4.69, 9.17) is 32.7 Å². The predicted octanol–water partition coefficient (Wildman–Crippen LogP) is 8.71. The number of amides is 4. The van der Waals surface area contributed by atoms with Crippen LogP contribution in [-0.4, -0.2) is 24.5 Å². The highest BCUT2D eigenvalue weighted by Gasteiger charge is 2.51. The predicted molar refractivity (Wildman–Crippen MR) is 186 cm³/mol. The number of rotatable bonds is 8. The van der Waals surface area contributed by atoms with Crippen LogP contribution in [-0.2, 0) is 21.6 Å². The van der Waals surface area contributed by atoms with Crippen LogP contribution in [0.5, 0.6) is 11.5 Å². The van der Waals surface area contributed by atoms with Crippen LogP contribution in [0.25, 0.3) is 6.08 Å². The summed E-state index contributed by atoms with van der Waals surface area (Å²) in [7, 11) is 0. The van der Waals surface area contributed by atoms with Gasteiger partial charge in [-0.05, 0) is 150 Å². The van der Waals surface area contributed by atoms with E-state index in [2.05, 4.69) is 40.0 Å². The van der Waals surface area contributed by atoms with Crippen molar-refractivity contribution in [2.24, 2.45) is 17.8 Å². The van der Waals surface area contributed by atoms with Crippen molar-refractivity contribution in [3.63, 3.8) is 0 Å². The molecule has 46 heavy (non-hydrogen) atoms. The Morgan fingerprint density at radius 1 is 0.913 bits per heavy atom. The van der Waals surface area contributed by atoms with E-state index in [9.17, 15) is 14.4 Å². The Morgan fingerprint density at radius 2 is 1.59 bits per heavy atom. The summed E-state index contributed by atoms with van der Waals surface area (Å²) in [6.07, 6.45) is 9.25. The number of hydrogen-bond donors (Lipinski definition) is 1. The zero-order valence-electron chi connectivity index (χ0n) is 25.3. The standard InChI is InChI=1S/C36H33Cl2IN2O5/c1-2-45-31-15-21(14-30(39)32(31)46-19-20-3-8-28(37)29(38)13-20)12-27-33(42)40-35(44)41(34(27)43)26-6-4-25(5-7-26)36-16-22-9-23(17-36)11-24(10-22)18-36/h3-8,12-15,22-24H,2,9-11,16-19H2,1H3,(H,40,42,44)/b27-12+. The summed E-state index contributed by atoms with van der Waals surface area (Å²) >= 11 is 14.3. The molecule has 0 radical (unpaired) electrons. The largest absolute Gasteiger partial charge is 0.490 e. The number of carbonyl (C=O) groups is 3. The maximum absolute atomic E-state index is 13.7. The summed E-state index contributed by atoms with van der Waals surface area (Å²) in [5, 5.41) is 3.24. The van der Waals surface area contributed by atoms with Gasteiger partial charge in [-0.2, -0.15) is 0 Å². The fourth-order valence-corrected chi connectivity index (χ4v) is 9.45. The van der Waals surface area contributed by atoms with Crippen LogP contribution >= 0.6 is 45.8 Å². The molecule has 0 spiro atoms. The average molecular weight is 771 g/mol. The van der Waals surface area contributed by atoms with Crippen LogP contribution in [0.3, 0.4) is 0 Å². The summed E-state index contributed by atoms with van der Waals surface area (Å²) in [6, 6.07) is 15.9. The molecule has 1 aliphatic heterocycles. The summed E-state index contributed by atoms with van der Waals surface area (Å²) < 4.78 is 12.7. The maximum Gasteiger partial charge on any atom is 0.335 e. The molecule has 4 amide bonds. The average Bonchev–Trinajstić information content (AvgIpc) is 3.00. The Hall–Kier alpha value is -3.08. The van der Waals surface area contributed by atoms with E-state index in [0.29, 0.717) is 43.0 Å². The number of barbiturate groups is 1. The first kappa shape index (κ1) is 31.5. The number of carbonyl (C=O) groups excluding carboxylic acids is 3. The van der Waals surface area contributed by atoms with Crippen molar-refractivity contribution in [1.29, 1.82) is 0 Å². The third kappa shape index (κ3) is 5.92. The molecule has 0 unspecified atom stereocenters.